The molecule has 0 radical (unpaired) electrons. The fourth-order valence-electron chi connectivity index (χ4n) is 3.11. The predicted molar refractivity (Wildman–Crippen MR) is 91.0 cm³/mol. The van der Waals surface area contributed by atoms with E-state index in [4.69, 9.17) is 5.84 Å². The average molecular weight is 336 g/mol. The Balaban J connectivity index is 1.56. The first kappa shape index (κ1) is 15.3. The minimum absolute atomic E-state index is 0.0110. The highest BCUT2D eigenvalue weighted by molar-refractivity contribution is 5.94. The Morgan fingerprint density at radius 3 is 2.56 bits per heavy atom. The molecular formula is C17H16N6O2. The van der Waals surface area contributed by atoms with Gasteiger partial charge in [0, 0.05) is 18.3 Å². The van der Waals surface area contributed by atoms with E-state index in [2.05, 4.69) is 15.1 Å². The summed E-state index contributed by atoms with van der Waals surface area (Å²) in [5.41, 5.74) is 1.81. The zero-order chi connectivity index (χ0) is 17.4. The first-order valence-corrected chi connectivity index (χ1v) is 7.88. The van der Waals surface area contributed by atoms with Gasteiger partial charge in [0.2, 0.25) is 11.9 Å². The molecular weight excluding hydrogens is 320 g/mol. The minimum atomic E-state index is -0.494. The van der Waals surface area contributed by atoms with Crippen molar-refractivity contribution >= 4 is 11.6 Å². The summed E-state index contributed by atoms with van der Waals surface area (Å²) in [7, 11) is 0. The standard InChI is InChI=1S/C17H16N6O2/c18-23(16(25)13-8-11-4-1-2-5-12(11)9-13)14-10-19-17(21-15(14)24)22-7-3-6-20-22/h1-7,10,13H,8-9,18H2,(H,19,21,24). The van der Waals surface area contributed by atoms with Crippen molar-refractivity contribution < 1.29 is 4.79 Å². The van der Waals surface area contributed by atoms with Crippen molar-refractivity contribution in [3.05, 3.63) is 70.4 Å². The van der Waals surface area contributed by atoms with Crippen LogP contribution in [0.4, 0.5) is 5.69 Å². The van der Waals surface area contributed by atoms with E-state index >= 15 is 0 Å². The molecule has 2 heterocycles. The van der Waals surface area contributed by atoms with Crippen LogP contribution in [-0.4, -0.2) is 25.7 Å². The molecule has 126 valence electrons. The van der Waals surface area contributed by atoms with E-state index in [1.807, 2.05) is 24.3 Å². The first-order chi connectivity index (χ1) is 12.1. The number of benzene rings is 1. The van der Waals surface area contributed by atoms with E-state index in [9.17, 15) is 9.59 Å². The molecule has 0 saturated heterocycles. The van der Waals surface area contributed by atoms with E-state index < -0.39 is 5.56 Å². The fourth-order valence-corrected chi connectivity index (χ4v) is 3.11. The molecule has 0 spiro atoms. The van der Waals surface area contributed by atoms with Crippen molar-refractivity contribution in [2.75, 3.05) is 5.01 Å². The van der Waals surface area contributed by atoms with Gasteiger partial charge in [-0.05, 0) is 30.0 Å². The smallest absolute Gasteiger partial charge is 0.277 e. The summed E-state index contributed by atoms with van der Waals surface area (Å²) < 4.78 is 1.42. The predicted octanol–water partition coefficient (Wildman–Crippen LogP) is 0.577. The molecule has 2 aromatic heterocycles. The first-order valence-electron chi connectivity index (χ1n) is 7.88. The minimum Gasteiger partial charge on any atom is -0.289 e. The van der Waals surface area contributed by atoms with Gasteiger partial charge in [0.05, 0.1) is 6.20 Å². The Morgan fingerprint density at radius 2 is 1.96 bits per heavy atom. The van der Waals surface area contributed by atoms with Crippen LogP contribution in [0.2, 0.25) is 0 Å². The van der Waals surface area contributed by atoms with E-state index in [0.717, 1.165) is 16.1 Å². The lowest BCUT2D eigenvalue weighted by Gasteiger charge is -2.19. The van der Waals surface area contributed by atoms with Crippen LogP contribution < -0.4 is 16.4 Å². The van der Waals surface area contributed by atoms with Gasteiger partial charge in [0.15, 0.2) is 0 Å². The van der Waals surface area contributed by atoms with Gasteiger partial charge in [0.25, 0.3) is 5.56 Å². The normalized spacial score (nSPS) is 13.6. The Labute approximate surface area is 142 Å². The van der Waals surface area contributed by atoms with Crippen LogP contribution in [0.5, 0.6) is 0 Å². The highest BCUT2D eigenvalue weighted by Crippen LogP contribution is 2.27. The topological polar surface area (TPSA) is 110 Å². The highest BCUT2D eigenvalue weighted by atomic mass is 16.2. The summed E-state index contributed by atoms with van der Waals surface area (Å²) in [6, 6.07) is 9.64. The zero-order valence-corrected chi connectivity index (χ0v) is 13.3. The lowest BCUT2D eigenvalue weighted by atomic mass is 10.1. The molecule has 25 heavy (non-hydrogen) atoms. The number of hydrogen-bond donors (Lipinski definition) is 2. The monoisotopic (exact) mass is 336 g/mol. The number of nitrogens with one attached hydrogen (secondary N) is 1. The van der Waals surface area contributed by atoms with Gasteiger partial charge < -0.3 is 0 Å². The molecule has 0 saturated carbocycles. The maximum absolute atomic E-state index is 12.7. The zero-order valence-electron chi connectivity index (χ0n) is 13.3. The maximum Gasteiger partial charge on any atom is 0.277 e. The van der Waals surface area contributed by atoms with E-state index in [1.165, 1.54) is 10.9 Å². The molecule has 0 fully saturated rings. The summed E-state index contributed by atoms with van der Waals surface area (Å²) in [5.74, 6) is 5.61. The molecule has 1 aromatic carbocycles. The van der Waals surface area contributed by atoms with Crippen LogP contribution in [0.25, 0.3) is 5.95 Å². The lowest BCUT2D eigenvalue weighted by molar-refractivity contribution is -0.122. The summed E-state index contributed by atoms with van der Waals surface area (Å²) in [6.07, 6.45) is 5.76. The number of hydrazine groups is 1. The maximum atomic E-state index is 12.7. The van der Waals surface area contributed by atoms with Crippen molar-refractivity contribution in [3.63, 3.8) is 0 Å². The number of amides is 1. The Morgan fingerprint density at radius 1 is 1.24 bits per heavy atom. The summed E-state index contributed by atoms with van der Waals surface area (Å²) in [5, 5.41) is 4.89. The number of nitrogens with two attached hydrogens (primary N) is 1. The Kier molecular flexibility index (Phi) is 3.66. The lowest BCUT2D eigenvalue weighted by Crippen LogP contribution is -2.45. The molecule has 1 amide bonds. The third-order valence-electron chi connectivity index (χ3n) is 4.39. The van der Waals surface area contributed by atoms with Crippen LogP contribution >= 0.6 is 0 Å². The molecule has 1 aliphatic rings. The van der Waals surface area contributed by atoms with E-state index in [0.29, 0.717) is 12.8 Å². The second-order valence-corrected chi connectivity index (χ2v) is 5.95. The van der Waals surface area contributed by atoms with Crippen LogP contribution in [0.3, 0.4) is 0 Å². The Hall–Kier alpha value is -3.26. The number of nitrogens with zero attached hydrogens (tertiary/aromatic N) is 4. The quantitative estimate of drug-likeness (QED) is 0.413. The van der Waals surface area contributed by atoms with Crippen LogP contribution in [-0.2, 0) is 17.6 Å². The number of aromatic nitrogens is 4. The summed E-state index contributed by atoms with van der Waals surface area (Å²) in [6.45, 7) is 0. The summed E-state index contributed by atoms with van der Waals surface area (Å²) in [4.78, 5) is 31.7. The number of aromatic amines is 1. The fraction of sp³-hybridized carbons (Fsp3) is 0.176. The number of fused-ring (bicyclic) bond motifs is 1. The second-order valence-electron chi connectivity index (χ2n) is 5.95. The van der Waals surface area contributed by atoms with Crippen molar-refractivity contribution in [2.24, 2.45) is 11.8 Å². The number of carbonyl (C=O) groups excluding carboxylic acids is 1. The number of carbonyl (C=O) groups is 1. The molecule has 4 rings (SSSR count). The highest BCUT2D eigenvalue weighted by Gasteiger charge is 2.31. The van der Waals surface area contributed by atoms with Gasteiger partial charge >= 0.3 is 0 Å². The molecule has 0 aliphatic heterocycles. The van der Waals surface area contributed by atoms with Crippen LogP contribution in [0.15, 0.2) is 53.7 Å². The van der Waals surface area contributed by atoms with Gasteiger partial charge in [-0.1, -0.05) is 24.3 Å². The largest absolute Gasteiger partial charge is 0.289 e. The molecule has 0 bridgehead atoms. The second kappa shape index (κ2) is 5.99. The third kappa shape index (κ3) is 2.72. The summed E-state index contributed by atoms with van der Waals surface area (Å²) >= 11 is 0. The number of hydrogen-bond acceptors (Lipinski definition) is 5. The molecule has 3 aromatic rings. The average Bonchev–Trinajstić information content (AvgIpc) is 3.29. The van der Waals surface area contributed by atoms with Gasteiger partial charge in [-0.15, -0.1) is 0 Å². The van der Waals surface area contributed by atoms with Crippen molar-refractivity contribution in [1.29, 1.82) is 0 Å². The van der Waals surface area contributed by atoms with Gasteiger partial charge in [-0.2, -0.15) is 5.10 Å². The van der Waals surface area contributed by atoms with Crippen molar-refractivity contribution in [2.45, 2.75) is 12.8 Å². The van der Waals surface area contributed by atoms with Crippen LogP contribution in [0.1, 0.15) is 11.1 Å². The molecule has 1 aliphatic carbocycles. The van der Waals surface area contributed by atoms with Crippen molar-refractivity contribution in [1.82, 2.24) is 19.7 Å². The van der Waals surface area contributed by atoms with Crippen molar-refractivity contribution in [3.8, 4) is 5.95 Å². The van der Waals surface area contributed by atoms with Crippen LogP contribution in [0, 0.1) is 5.92 Å². The molecule has 8 heteroatoms. The third-order valence-corrected chi connectivity index (χ3v) is 4.39. The molecule has 0 unspecified atom stereocenters. The molecule has 3 N–H and O–H groups in total. The number of rotatable bonds is 3. The van der Waals surface area contributed by atoms with Gasteiger partial charge in [-0.3, -0.25) is 14.6 Å². The SMILES string of the molecule is NN(C(=O)C1Cc2ccccc2C1)c1cnc(-n2cccn2)[nH]c1=O. The molecule has 8 nitrogen and oxygen atoms in total. The Bertz CT molecular complexity index is 954. The van der Waals surface area contributed by atoms with E-state index in [-0.39, 0.29) is 23.5 Å². The van der Waals surface area contributed by atoms with Gasteiger partial charge in [-0.25, -0.2) is 20.5 Å². The molecule has 0 atom stereocenters. The van der Waals surface area contributed by atoms with E-state index in [1.54, 1.807) is 18.5 Å². The number of anilines is 1. The van der Waals surface area contributed by atoms with Gasteiger partial charge in [0.1, 0.15) is 5.69 Å². The number of H-pyrrole nitrogens is 1.